The normalized spacial score (nSPS) is 10.8. The van der Waals surface area contributed by atoms with Gasteiger partial charge >= 0.3 is 0 Å². The number of aryl methyl sites for hydroxylation is 2. The van der Waals surface area contributed by atoms with Crippen molar-refractivity contribution in [2.45, 2.75) is 26.7 Å². The first kappa shape index (κ1) is 16.8. The molecule has 0 radical (unpaired) electrons. The van der Waals surface area contributed by atoms with Crippen LogP contribution in [-0.2, 0) is 11.2 Å². The second-order valence-electron chi connectivity index (χ2n) is 5.72. The van der Waals surface area contributed by atoms with Crippen LogP contribution in [0.25, 0.3) is 5.78 Å². The largest absolute Gasteiger partial charge is 0.368 e. The molecule has 0 aliphatic rings. The number of pyridine rings is 1. The average molecular weight is 339 g/mol. The minimum absolute atomic E-state index is 0.0142. The number of rotatable bonds is 7. The SMILES string of the molecule is Cc1nc2ncnn2c(C)c1CCC(=O)NCCNc1ccccn1. The van der Waals surface area contributed by atoms with E-state index in [-0.39, 0.29) is 5.91 Å². The van der Waals surface area contributed by atoms with Crippen molar-refractivity contribution in [2.75, 3.05) is 18.4 Å². The van der Waals surface area contributed by atoms with Crippen molar-refractivity contribution < 1.29 is 4.79 Å². The Morgan fingerprint density at radius 3 is 2.88 bits per heavy atom. The number of fused-ring (bicyclic) bond motifs is 1. The summed E-state index contributed by atoms with van der Waals surface area (Å²) in [6.07, 6.45) is 4.25. The number of carbonyl (C=O) groups excluding carboxylic acids is 1. The fraction of sp³-hybridized carbons (Fsp3) is 0.353. The van der Waals surface area contributed by atoms with Crippen molar-refractivity contribution in [2.24, 2.45) is 0 Å². The number of hydrogen-bond donors (Lipinski definition) is 2. The van der Waals surface area contributed by atoms with Crippen molar-refractivity contribution in [1.82, 2.24) is 29.9 Å². The highest BCUT2D eigenvalue weighted by Gasteiger charge is 2.12. The predicted molar refractivity (Wildman–Crippen MR) is 94.3 cm³/mol. The number of hydrogen-bond acceptors (Lipinski definition) is 6. The quantitative estimate of drug-likeness (QED) is 0.630. The molecule has 3 aromatic rings. The average Bonchev–Trinajstić information content (AvgIpc) is 3.08. The second-order valence-corrected chi connectivity index (χ2v) is 5.72. The molecule has 0 unspecified atom stereocenters. The van der Waals surface area contributed by atoms with Crippen molar-refractivity contribution in [3.05, 3.63) is 47.7 Å². The van der Waals surface area contributed by atoms with Crippen molar-refractivity contribution in [1.29, 1.82) is 0 Å². The van der Waals surface area contributed by atoms with Crippen LogP contribution in [0.1, 0.15) is 23.4 Å². The van der Waals surface area contributed by atoms with Crippen LogP contribution < -0.4 is 10.6 Å². The van der Waals surface area contributed by atoms with Gasteiger partial charge < -0.3 is 10.6 Å². The summed E-state index contributed by atoms with van der Waals surface area (Å²) < 4.78 is 1.71. The molecule has 8 heteroatoms. The molecule has 3 heterocycles. The van der Waals surface area contributed by atoms with Gasteiger partial charge in [-0.05, 0) is 38.0 Å². The Morgan fingerprint density at radius 2 is 2.08 bits per heavy atom. The number of anilines is 1. The lowest BCUT2D eigenvalue weighted by molar-refractivity contribution is -0.120. The Labute approximate surface area is 145 Å². The third kappa shape index (κ3) is 4.09. The fourth-order valence-corrected chi connectivity index (χ4v) is 2.70. The van der Waals surface area contributed by atoms with Gasteiger partial charge in [0.15, 0.2) is 0 Å². The Hall–Kier alpha value is -3.03. The fourth-order valence-electron chi connectivity index (χ4n) is 2.70. The standard InChI is InChI=1S/C17H21N7O/c1-12-14(13(2)24-17(23-12)21-11-22-24)6-7-16(25)20-10-9-19-15-5-3-4-8-18-15/h3-5,8,11H,6-7,9-10H2,1-2H3,(H,18,19)(H,20,25). The number of nitrogens with zero attached hydrogens (tertiary/aromatic N) is 5. The molecule has 0 aliphatic carbocycles. The van der Waals surface area contributed by atoms with Gasteiger partial charge in [0.2, 0.25) is 5.91 Å². The summed E-state index contributed by atoms with van der Waals surface area (Å²) in [5.74, 6) is 1.40. The van der Waals surface area contributed by atoms with Gasteiger partial charge in [-0.25, -0.2) is 14.5 Å². The van der Waals surface area contributed by atoms with E-state index in [1.165, 1.54) is 6.33 Å². The third-order valence-corrected chi connectivity index (χ3v) is 4.01. The van der Waals surface area contributed by atoms with Crippen LogP contribution in [-0.4, -0.2) is 43.6 Å². The van der Waals surface area contributed by atoms with Gasteiger partial charge in [0.25, 0.3) is 5.78 Å². The molecule has 0 spiro atoms. The summed E-state index contributed by atoms with van der Waals surface area (Å²) in [4.78, 5) is 24.7. The van der Waals surface area contributed by atoms with Gasteiger partial charge in [-0.1, -0.05) is 6.07 Å². The zero-order chi connectivity index (χ0) is 17.6. The van der Waals surface area contributed by atoms with Gasteiger partial charge in [-0.15, -0.1) is 0 Å². The zero-order valence-corrected chi connectivity index (χ0v) is 14.4. The van der Waals surface area contributed by atoms with E-state index < -0.39 is 0 Å². The van der Waals surface area contributed by atoms with Crippen LogP contribution in [0.15, 0.2) is 30.7 Å². The van der Waals surface area contributed by atoms with E-state index in [0.717, 1.165) is 22.8 Å². The summed E-state index contributed by atoms with van der Waals surface area (Å²) in [5, 5.41) is 10.2. The van der Waals surface area contributed by atoms with E-state index in [1.807, 2.05) is 32.0 Å². The Balaban J connectivity index is 1.47. The van der Waals surface area contributed by atoms with E-state index in [0.29, 0.717) is 31.7 Å². The van der Waals surface area contributed by atoms with Crippen LogP contribution in [0.5, 0.6) is 0 Å². The second kappa shape index (κ2) is 7.69. The van der Waals surface area contributed by atoms with Crippen LogP contribution in [0.4, 0.5) is 5.82 Å². The predicted octanol–water partition coefficient (Wildman–Crippen LogP) is 1.30. The van der Waals surface area contributed by atoms with Crippen LogP contribution in [0, 0.1) is 13.8 Å². The van der Waals surface area contributed by atoms with Gasteiger partial charge in [0.05, 0.1) is 0 Å². The molecule has 3 aromatic heterocycles. The van der Waals surface area contributed by atoms with Crippen molar-refractivity contribution in [3.63, 3.8) is 0 Å². The number of aromatic nitrogens is 5. The smallest absolute Gasteiger partial charge is 0.252 e. The van der Waals surface area contributed by atoms with Gasteiger partial charge in [0, 0.05) is 37.1 Å². The molecule has 0 bridgehead atoms. The highest BCUT2D eigenvalue weighted by Crippen LogP contribution is 2.14. The third-order valence-electron chi connectivity index (χ3n) is 4.01. The minimum Gasteiger partial charge on any atom is -0.368 e. The molecular formula is C17H21N7O. The highest BCUT2D eigenvalue weighted by molar-refractivity contribution is 5.76. The van der Waals surface area contributed by atoms with Crippen LogP contribution >= 0.6 is 0 Å². The monoisotopic (exact) mass is 339 g/mol. The molecule has 3 rings (SSSR count). The van der Waals surface area contributed by atoms with E-state index in [4.69, 9.17) is 0 Å². The van der Waals surface area contributed by atoms with Crippen LogP contribution in [0.3, 0.4) is 0 Å². The molecule has 130 valence electrons. The minimum atomic E-state index is 0.0142. The summed E-state index contributed by atoms with van der Waals surface area (Å²) in [6.45, 7) is 5.09. The molecule has 0 saturated heterocycles. The van der Waals surface area contributed by atoms with E-state index in [2.05, 4.69) is 30.7 Å². The lowest BCUT2D eigenvalue weighted by Crippen LogP contribution is -2.29. The molecule has 25 heavy (non-hydrogen) atoms. The molecule has 0 aliphatic heterocycles. The zero-order valence-electron chi connectivity index (χ0n) is 14.4. The molecule has 0 atom stereocenters. The van der Waals surface area contributed by atoms with E-state index in [1.54, 1.807) is 10.7 Å². The molecule has 2 N–H and O–H groups in total. The summed E-state index contributed by atoms with van der Waals surface area (Å²) in [5.41, 5.74) is 2.91. The molecule has 0 fully saturated rings. The van der Waals surface area contributed by atoms with Crippen LogP contribution in [0.2, 0.25) is 0 Å². The first-order valence-electron chi connectivity index (χ1n) is 8.22. The maximum absolute atomic E-state index is 12.1. The maximum Gasteiger partial charge on any atom is 0.252 e. The summed E-state index contributed by atoms with van der Waals surface area (Å²) in [6, 6.07) is 5.67. The Bertz CT molecular complexity index is 860. The number of carbonyl (C=O) groups is 1. The van der Waals surface area contributed by atoms with Gasteiger partial charge in [0.1, 0.15) is 12.1 Å². The molecule has 0 aromatic carbocycles. The highest BCUT2D eigenvalue weighted by atomic mass is 16.1. The van der Waals surface area contributed by atoms with Crippen molar-refractivity contribution >= 4 is 17.5 Å². The lowest BCUT2D eigenvalue weighted by Gasteiger charge is -2.11. The van der Waals surface area contributed by atoms with Gasteiger partial charge in [-0.2, -0.15) is 10.1 Å². The first-order valence-corrected chi connectivity index (χ1v) is 8.22. The van der Waals surface area contributed by atoms with E-state index >= 15 is 0 Å². The van der Waals surface area contributed by atoms with Crippen molar-refractivity contribution in [3.8, 4) is 0 Å². The molecule has 1 amide bonds. The Kier molecular flexibility index (Phi) is 5.17. The lowest BCUT2D eigenvalue weighted by atomic mass is 10.1. The molecular weight excluding hydrogens is 318 g/mol. The number of nitrogens with one attached hydrogen (secondary N) is 2. The first-order chi connectivity index (χ1) is 12.1. The van der Waals surface area contributed by atoms with Gasteiger partial charge in [-0.3, -0.25) is 4.79 Å². The molecule has 0 saturated carbocycles. The number of amides is 1. The summed E-state index contributed by atoms with van der Waals surface area (Å²) in [7, 11) is 0. The van der Waals surface area contributed by atoms with E-state index in [9.17, 15) is 4.79 Å². The Morgan fingerprint density at radius 1 is 1.20 bits per heavy atom. The topological polar surface area (TPSA) is 97.1 Å². The molecule has 8 nitrogen and oxygen atoms in total. The summed E-state index contributed by atoms with van der Waals surface area (Å²) >= 11 is 0. The maximum atomic E-state index is 12.1.